The summed E-state index contributed by atoms with van der Waals surface area (Å²) in [5.74, 6) is 0. The maximum absolute atomic E-state index is 2.50. The van der Waals surface area contributed by atoms with E-state index in [1.54, 1.807) is 0 Å². The highest BCUT2D eigenvalue weighted by molar-refractivity contribution is 8.34. The lowest BCUT2D eigenvalue weighted by molar-refractivity contribution is 1.15. The normalized spacial score (nSPS) is 12.0. The largest absolute Gasteiger partial charge is 0.309 e. The number of aromatic nitrogens is 2. The van der Waals surface area contributed by atoms with Crippen LogP contribution in [0.5, 0.6) is 0 Å². The van der Waals surface area contributed by atoms with Crippen LogP contribution in [0, 0.1) is 0 Å². The molecule has 0 aliphatic carbocycles. The average molecular weight is 899 g/mol. The molecule has 0 saturated heterocycles. The molecule has 11 aromatic carbocycles. The molecule has 3 heteroatoms. The first kappa shape index (κ1) is 40.6. The third-order valence-electron chi connectivity index (χ3n) is 13.8. The summed E-state index contributed by atoms with van der Waals surface area (Å²) in [4.78, 5) is 5.18. The second-order valence-electron chi connectivity index (χ2n) is 17.6. The summed E-state index contributed by atoms with van der Waals surface area (Å²) in [6.45, 7) is 0. The summed E-state index contributed by atoms with van der Waals surface area (Å²) in [5, 5.41) is 4.94. The molecule has 2 nitrogen and oxygen atoms in total. The molecule has 0 atom stereocenters. The molecule has 2 heterocycles. The molecular weight excluding hydrogens is 853 g/mol. The number of hydrogen-bond acceptors (Lipinski definition) is 0. The monoisotopic (exact) mass is 898 g/mol. The number of para-hydroxylation sites is 2. The minimum Gasteiger partial charge on any atom is -0.309 e. The van der Waals surface area contributed by atoms with Gasteiger partial charge in [0.2, 0.25) is 0 Å². The van der Waals surface area contributed by atoms with Crippen molar-refractivity contribution >= 4 is 53.6 Å². The summed E-state index contributed by atoms with van der Waals surface area (Å²) >= 11 is 0. The molecule has 0 spiro atoms. The van der Waals surface area contributed by atoms with E-state index in [4.69, 9.17) is 0 Å². The molecule has 0 radical (unpaired) electrons. The van der Waals surface area contributed by atoms with Crippen LogP contribution in [0.1, 0.15) is 0 Å². The van der Waals surface area contributed by atoms with Crippen LogP contribution < -0.4 is 0 Å². The zero-order valence-corrected chi connectivity index (χ0v) is 38.7. The third-order valence-corrected chi connectivity index (χ3v) is 17.7. The molecular formula is C66H46N2S. The number of rotatable bonds is 9. The minimum absolute atomic E-state index is 1.12. The third kappa shape index (κ3) is 6.65. The number of hydrogen-bond donors (Lipinski definition) is 0. The van der Waals surface area contributed by atoms with Gasteiger partial charge in [0.05, 0.1) is 27.8 Å². The quantitative estimate of drug-likeness (QED) is 0.137. The van der Waals surface area contributed by atoms with Gasteiger partial charge in [-0.1, -0.05) is 182 Å². The van der Waals surface area contributed by atoms with Crippen LogP contribution >= 0.6 is 10.0 Å². The van der Waals surface area contributed by atoms with Crippen molar-refractivity contribution in [2.75, 3.05) is 0 Å². The van der Waals surface area contributed by atoms with Gasteiger partial charge in [0, 0.05) is 46.8 Å². The van der Waals surface area contributed by atoms with Crippen LogP contribution in [0.3, 0.4) is 0 Å². The van der Waals surface area contributed by atoms with Crippen molar-refractivity contribution in [2.24, 2.45) is 0 Å². The first-order chi connectivity index (χ1) is 34.3. The smallest absolute Gasteiger partial charge is 0.0562 e. The predicted molar refractivity (Wildman–Crippen MR) is 291 cm³/mol. The Kier molecular flexibility index (Phi) is 9.96. The van der Waals surface area contributed by atoms with Crippen molar-refractivity contribution in [3.05, 3.63) is 279 Å². The van der Waals surface area contributed by atoms with Gasteiger partial charge in [0.25, 0.3) is 0 Å². The van der Waals surface area contributed by atoms with E-state index in [0.717, 1.165) is 11.4 Å². The Morgan fingerprint density at radius 2 is 0.667 bits per heavy atom. The summed E-state index contributed by atoms with van der Waals surface area (Å²) in [5.41, 5.74) is 14.3. The van der Waals surface area contributed by atoms with Crippen LogP contribution in [0.25, 0.3) is 88.4 Å². The minimum atomic E-state index is -1.94. The van der Waals surface area contributed by atoms with E-state index >= 15 is 0 Å². The lowest BCUT2D eigenvalue weighted by Crippen LogP contribution is -2.06. The Labute approximate surface area is 404 Å². The predicted octanol–water partition coefficient (Wildman–Crippen LogP) is 18.2. The van der Waals surface area contributed by atoms with Crippen LogP contribution in [-0.4, -0.2) is 9.13 Å². The summed E-state index contributed by atoms with van der Waals surface area (Å²) in [6.07, 6.45) is 0. The molecule has 69 heavy (non-hydrogen) atoms. The standard InChI is InChI=1S/C66H46N2S/c1-5-21-47(22-6-1)49-25-17-27-51(45-49)57-35-19-38-62-65(57)58-33-13-16-37-61(58)68(62)64-40-20-39-63-66(64)59-34-14-15-36-60(59)67(63)52-41-43-55(44-42-52)69(53-28-9-3-10-29-53,54-30-11-4-12-31-54)56-32-18-26-50(46-56)48-23-7-2-8-24-48/h1-46H. The van der Waals surface area contributed by atoms with Gasteiger partial charge in [-0.2, -0.15) is 0 Å². The summed E-state index contributed by atoms with van der Waals surface area (Å²) in [6, 6.07) is 103. The van der Waals surface area contributed by atoms with E-state index < -0.39 is 10.0 Å². The first-order valence-corrected chi connectivity index (χ1v) is 25.3. The molecule has 0 N–H and O–H groups in total. The fourth-order valence-corrected chi connectivity index (χ4v) is 14.7. The van der Waals surface area contributed by atoms with Gasteiger partial charge in [0.15, 0.2) is 0 Å². The highest BCUT2D eigenvalue weighted by Gasteiger charge is 2.34. The van der Waals surface area contributed by atoms with E-state index in [9.17, 15) is 0 Å². The maximum Gasteiger partial charge on any atom is 0.0562 e. The van der Waals surface area contributed by atoms with E-state index in [2.05, 4.69) is 288 Å². The summed E-state index contributed by atoms with van der Waals surface area (Å²) in [7, 11) is -1.94. The van der Waals surface area contributed by atoms with Crippen LogP contribution in [-0.2, 0) is 0 Å². The molecule has 0 saturated carbocycles. The molecule has 0 aliphatic heterocycles. The van der Waals surface area contributed by atoms with Crippen molar-refractivity contribution in [1.29, 1.82) is 0 Å². The zero-order chi connectivity index (χ0) is 45.7. The van der Waals surface area contributed by atoms with E-state index in [1.807, 2.05) is 0 Å². The molecule has 0 unspecified atom stereocenters. The van der Waals surface area contributed by atoms with Crippen molar-refractivity contribution in [2.45, 2.75) is 19.6 Å². The Hall–Kier alpha value is -8.63. The number of nitrogens with zero attached hydrogens (tertiary/aromatic N) is 2. The van der Waals surface area contributed by atoms with Crippen molar-refractivity contribution in [1.82, 2.24) is 9.13 Å². The SMILES string of the molecule is c1ccc(-c2cccc(-c3cccc4c3c3ccccc3n4-c3cccc4c3c3ccccc3n4-c3ccc(S(c4ccccc4)(c4ccccc4)c4cccc(-c5ccccc5)c4)cc3)c2)cc1. The Bertz CT molecular complexity index is 3940. The Morgan fingerprint density at radius 3 is 1.30 bits per heavy atom. The lowest BCUT2D eigenvalue weighted by atomic mass is 9.96. The molecule has 13 aromatic rings. The van der Waals surface area contributed by atoms with E-state index in [1.165, 1.54) is 96.6 Å². The molecule has 326 valence electrons. The maximum atomic E-state index is 2.50. The molecule has 13 rings (SSSR count). The van der Waals surface area contributed by atoms with Crippen molar-refractivity contribution in [3.8, 4) is 44.8 Å². The van der Waals surface area contributed by atoms with Gasteiger partial charge in [0.1, 0.15) is 0 Å². The van der Waals surface area contributed by atoms with Gasteiger partial charge in [-0.25, -0.2) is 0 Å². The van der Waals surface area contributed by atoms with Gasteiger partial charge in [-0.3, -0.25) is 0 Å². The van der Waals surface area contributed by atoms with Crippen LogP contribution in [0.2, 0.25) is 0 Å². The average Bonchev–Trinajstić information content (AvgIpc) is 3.96. The highest BCUT2D eigenvalue weighted by atomic mass is 32.3. The van der Waals surface area contributed by atoms with Crippen molar-refractivity contribution < 1.29 is 0 Å². The van der Waals surface area contributed by atoms with Crippen LogP contribution in [0.4, 0.5) is 0 Å². The van der Waals surface area contributed by atoms with E-state index in [-0.39, 0.29) is 0 Å². The van der Waals surface area contributed by atoms with Gasteiger partial charge in [-0.05, 0) is 130 Å². The molecule has 0 bridgehead atoms. The second-order valence-corrected chi connectivity index (χ2v) is 20.8. The molecule has 2 aromatic heterocycles. The van der Waals surface area contributed by atoms with Gasteiger partial charge in [-0.15, -0.1) is 10.0 Å². The Balaban J connectivity index is 1.01. The summed E-state index contributed by atoms with van der Waals surface area (Å²) < 4.78 is 4.96. The Morgan fingerprint density at radius 1 is 0.246 bits per heavy atom. The lowest BCUT2D eigenvalue weighted by Gasteiger charge is -2.42. The fraction of sp³-hybridized carbons (Fsp3) is 0. The van der Waals surface area contributed by atoms with Gasteiger partial charge >= 0.3 is 0 Å². The second kappa shape index (κ2) is 16.9. The molecule has 0 aliphatic rings. The number of fused-ring (bicyclic) bond motifs is 6. The van der Waals surface area contributed by atoms with Crippen molar-refractivity contribution in [3.63, 3.8) is 0 Å². The van der Waals surface area contributed by atoms with Crippen LogP contribution in [0.15, 0.2) is 299 Å². The molecule has 0 amide bonds. The fourth-order valence-electron chi connectivity index (χ4n) is 10.8. The number of benzene rings is 11. The van der Waals surface area contributed by atoms with E-state index in [0.29, 0.717) is 0 Å². The van der Waals surface area contributed by atoms with Gasteiger partial charge < -0.3 is 9.13 Å². The molecule has 0 fully saturated rings. The highest BCUT2D eigenvalue weighted by Crippen LogP contribution is 2.73. The topological polar surface area (TPSA) is 9.86 Å². The first-order valence-electron chi connectivity index (χ1n) is 23.7. The zero-order valence-electron chi connectivity index (χ0n) is 37.9.